The molecule has 4 nitrogen and oxygen atoms in total. The molecule has 2 N–H and O–H groups in total. The molecule has 0 fully saturated rings. The smallest absolute Gasteiger partial charge is 0.180 e. The summed E-state index contributed by atoms with van der Waals surface area (Å²) in [5, 5.41) is 20.6. The maximum absolute atomic E-state index is 10.4. The van der Waals surface area contributed by atoms with Crippen molar-refractivity contribution in [2.24, 2.45) is 0 Å². The zero-order chi connectivity index (χ0) is 15.7. The molecule has 1 unspecified atom stereocenters. The minimum atomic E-state index is -0.528. The Bertz CT molecular complexity index is 794. The number of pyridine rings is 1. The van der Waals surface area contributed by atoms with Crippen LogP contribution in [0.15, 0.2) is 42.6 Å². The highest BCUT2D eigenvalue weighted by atomic mass is 16.3. The first-order chi connectivity index (χ1) is 10.6. The fourth-order valence-corrected chi connectivity index (χ4v) is 2.70. The number of hydrogen-bond acceptors (Lipinski definition) is 3. The Labute approximate surface area is 129 Å². The number of rotatable bonds is 4. The van der Waals surface area contributed by atoms with E-state index in [0.29, 0.717) is 18.5 Å². The largest absolute Gasteiger partial charge is 0.504 e. The molecule has 4 heteroatoms. The number of imidazole rings is 1. The third-order valence-corrected chi connectivity index (χ3v) is 4.20. The van der Waals surface area contributed by atoms with Gasteiger partial charge in [0.1, 0.15) is 0 Å². The lowest BCUT2D eigenvalue weighted by molar-refractivity contribution is 0.167. The number of nitrogens with zero attached hydrogens (tertiary/aromatic N) is 2. The highest BCUT2D eigenvalue weighted by molar-refractivity contribution is 5.59. The molecular weight excluding hydrogens is 276 g/mol. The predicted molar refractivity (Wildman–Crippen MR) is 86.1 cm³/mol. The molecule has 0 aliphatic carbocycles. The molecule has 0 aliphatic rings. The number of aryl methyl sites for hydroxylation is 3. The van der Waals surface area contributed by atoms with E-state index in [-0.39, 0.29) is 5.75 Å². The zero-order valence-electron chi connectivity index (χ0n) is 12.8. The fourth-order valence-electron chi connectivity index (χ4n) is 2.70. The number of fused-ring (bicyclic) bond motifs is 1. The Hall–Kier alpha value is -2.33. The zero-order valence-corrected chi connectivity index (χ0v) is 12.8. The van der Waals surface area contributed by atoms with Gasteiger partial charge >= 0.3 is 0 Å². The van der Waals surface area contributed by atoms with Crippen LogP contribution in [-0.2, 0) is 6.42 Å². The second-order valence-corrected chi connectivity index (χ2v) is 5.63. The van der Waals surface area contributed by atoms with E-state index in [2.05, 4.69) is 4.98 Å². The van der Waals surface area contributed by atoms with Crippen LogP contribution in [0.1, 0.15) is 35.0 Å². The topological polar surface area (TPSA) is 57.8 Å². The van der Waals surface area contributed by atoms with Crippen LogP contribution < -0.4 is 0 Å². The van der Waals surface area contributed by atoms with Crippen LogP contribution >= 0.6 is 0 Å². The van der Waals surface area contributed by atoms with Crippen molar-refractivity contribution in [1.82, 2.24) is 9.38 Å². The van der Waals surface area contributed by atoms with Gasteiger partial charge < -0.3 is 14.6 Å². The van der Waals surface area contributed by atoms with Crippen LogP contribution in [-0.4, -0.2) is 19.6 Å². The summed E-state index contributed by atoms with van der Waals surface area (Å²) in [6.45, 7) is 3.91. The second kappa shape index (κ2) is 5.81. The SMILES string of the molecule is Cc1nc2c(O)c(CCC(O)c3ccccc3)ccn2c1C. The molecule has 22 heavy (non-hydrogen) atoms. The Kier molecular flexibility index (Phi) is 3.86. The summed E-state index contributed by atoms with van der Waals surface area (Å²) >= 11 is 0. The molecule has 3 aromatic rings. The van der Waals surface area contributed by atoms with Gasteiger partial charge in [0.2, 0.25) is 0 Å². The van der Waals surface area contributed by atoms with E-state index < -0.39 is 6.10 Å². The van der Waals surface area contributed by atoms with E-state index in [1.54, 1.807) is 0 Å². The van der Waals surface area contributed by atoms with Gasteiger partial charge in [0.15, 0.2) is 11.4 Å². The Morgan fingerprint density at radius 1 is 1.14 bits per heavy atom. The van der Waals surface area contributed by atoms with Crippen LogP contribution in [0.25, 0.3) is 5.65 Å². The number of aromatic nitrogens is 2. The average Bonchev–Trinajstić information content (AvgIpc) is 2.83. The highest BCUT2D eigenvalue weighted by Gasteiger charge is 2.14. The molecule has 114 valence electrons. The monoisotopic (exact) mass is 296 g/mol. The summed E-state index contributed by atoms with van der Waals surface area (Å²) in [5.74, 6) is 0.207. The third-order valence-electron chi connectivity index (χ3n) is 4.20. The van der Waals surface area contributed by atoms with E-state index >= 15 is 0 Å². The molecule has 0 amide bonds. The highest BCUT2D eigenvalue weighted by Crippen LogP contribution is 2.28. The number of hydrogen-bond donors (Lipinski definition) is 2. The van der Waals surface area contributed by atoms with Crippen LogP contribution in [0.4, 0.5) is 0 Å². The number of aromatic hydroxyl groups is 1. The fraction of sp³-hybridized carbons (Fsp3) is 0.278. The first-order valence-corrected chi connectivity index (χ1v) is 7.47. The molecule has 2 heterocycles. The molecule has 2 aromatic heterocycles. The van der Waals surface area contributed by atoms with E-state index in [4.69, 9.17) is 0 Å². The van der Waals surface area contributed by atoms with E-state index in [1.165, 1.54) is 0 Å². The summed E-state index contributed by atoms with van der Waals surface area (Å²) in [6.07, 6.45) is 2.56. The van der Waals surface area contributed by atoms with Gasteiger partial charge in [-0.3, -0.25) is 0 Å². The maximum atomic E-state index is 10.4. The van der Waals surface area contributed by atoms with Gasteiger partial charge in [-0.1, -0.05) is 30.3 Å². The van der Waals surface area contributed by atoms with Crippen LogP contribution in [0.5, 0.6) is 5.75 Å². The Balaban J connectivity index is 1.81. The molecule has 3 rings (SSSR count). The molecule has 0 saturated carbocycles. The Morgan fingerprint density at radius 3 is 2.59 bits per heavy atom. The van der Waals surface area contributed by atoms with Crippen LogP contribution in [0.2, 0.25) is 0 Å². The van der Waals surface area contributed by atoms with E-state index in [1.807, 2.05) is 60.8 Å². The summed E-state index contributed by atoms with van der Waals surface area (Å²) in [5.41, 5.74) is 4.24. The number of benzene rings is 1. The molecule has 0 aliphatic heterocycles. The standard InChI is InChI=1S/C18H20N2O2/c1-12-13(2)20-11-10-15(17(22)18(20)19-12)8-9-16(21)14-6-4-3-5-7-14/h3-7,10-11,16,21-22H,8-9H2,1-2H3. The van der Waals surface area contributed by atoms with Crippen molar-refractivity contribution >= 4 is 5.65 Å². The van der Waals surface area contributed by atoms with Gasteiger partial charge in [-0.25, -0.2) is 4.98 Å². The molecule has 0 saturated heterocycles. The van der Waals surface area contributed by atoms with Gasteiger partial charge in [-0.2, -0.15) is 0 Å². The van der Waals surface area contributed by atoms with Gasteiger partial charge in [-0.15, -0.1) is 0 Å². The molecule has 0 bridgehead atoms. The summed E-state index contributed by atoms with van der Waals surface area (Å²) in [6, 6.07) is 11.5. The lowest BCUT2D eigenvalue weighted by Crippen LogP contribution is -2.00. The first kappa shape index (κ1) is 14.6. The summed E-state index contributed by atoms with van der Waals surface area (Å²) in [4.78, 5) is 4.41. The average molecular weight is 296 g/mol. The first-order valence-electron chi connectivity index (χ1n) is 7.47. The number of aliphatic hydroxyl groups excluding tert-OH is 1. The summed E-state index contributed by atoms with van der Waals surface area (Å²) in [7, 11) is 0. The Morgan fingerprint density at radius 2 is 1.86 bits per heavy atom. The van der Waals surface area contributed by atoms with Crippen LogP contribution in [0.3, 0.4) is 0 Å². The maximum Gasteiger partial charge on any atom is 0.180 e. The minimum Gasteiger partial charge on any atom is -0.504 e. The van der Waals surface area contributed by atoms with Crippen LogP contribution in [0, 0.1) is 13.8 Å². The van der Waals surface area contributed by atoms with Gasteiger partial charge in [-0.05, 0) is 43.9 Å². The van der Waals surface area contributed by atoms with Gasteiger partial charge in [0.25, 0.3) is 0 Å². The van der Waals surface area contributed by atoms with Crippen molar-refractivity contribution < 1.29 is 10.2 Å². The van der Waals surface area contributed by atoms with Gasteiger partial charge in [0.05, 0.1) is 11.8 Å². The van der Waals surface area contributed by atoms with Crippen molar-refractivity contribution in [3.05, 3.63) is 65.1 Å². The third kappa shape index (κ3) is 2.57. The molecule has 0 spiro atoms. The van der Waals surface area contributed by atoms with E-state index in [9.17, 15) is 10.2 Å². The van der Waals surface area contributed by atoms with E-state index in [0.717, 1.165) is 22.5 Å². The molecule has 0 radical (unpaired) electrons. The number of aliphatic hydroxyl groups is 1. The molecule has 1 atom stereocenters. The normalized spacial score (nSPS) is 12.7. The quantitative estimate of drug-likeness (QED) is 0.776. The lowest BCUT2D eigenvalue weighted by Gasteiger charge is -2.12. The van der Waals surface area contributed by atoms with Crippen molar-refractivity contribution in [2.45, 2.75) is 32.8 Å². The molecule has 1 aromatic carbocycles. The lowest BCUT2D eigenvalue weighted by atomic mass is 10.0. The minimum absolute atomic E-state index is 0.207. The van der Waals surface area contributed by atoms with Crippen molar-refractivity contribution in [3.63, 3.8) is 0 Å². The van der Waals surface area contributed by atoms with Crippen molar-refractivity contribution in [1.29, 1.82) is 0 Å². The molecular formula is C18H20N2O2. The second-order valence-electron chi connectivity index (χ2n) is 5.63. The summed E-state index contributed by atoms with van der Waals surface area (Å²) < 4.78 is 1.89. The van der Waals surface area contributed by atoms with Crippen molar-refractivity contribution in [3.8, 4) is 5.75 Å². The predicted octanol–water partition coefficient (Wildman–Crippen LogP) is 3.32. The van der Waals surface area contributed by atoms with Crippen molar-refractivity contribution in [2.75, 3.05) is 0 Å². The van der Waals surface area contributed by atoms with Gasteiger partial charge in [0, 0.05) is 11.9 Å².